The molecule has 4 saturated heterocycles. The molecule has 132 valence electrons. The van der Waals surface area contributed by atoms with E-state index < -0.39 is 0 Å². The minimum Gasteiger partial charge on any atom is -0.329 e. The van der Waals surface area contributed by atoms with Gasteiger partial charge in [0.15, 0.2) is 0 Å². The van der Waals surface area contributed by atoms with Gasteiger partial charge in [-0.25, -0.2) is 0 Å². The van der Waals surface area contributed by atoms with Crippen LogP contribution in [0.1, 0.15) is 40.0 Å². The molecule has 4 heterocycles. The number of rotatable bonds is 0. The first-order valence-electron chi connectivity index (χ1n) is 9.28. The van der Waals surface area contributed by atoms with Crippen LogP contribution in [-0.4, -0.2) is 70.2 Å². The van der Waals surface area contributed by atoms with Crippen LogP contribution in [0.4, 0.5) is 0 Å². The summed E-state index contributed by atoms with van der Waals surface area (Å²) in [6.07, 6.45) is 2.16. The van der Waals surface area contributed by atoms with Crippen LogP contribution in [0.3, 0.4) is 0 Å². The molecule has 6 unspecified atom stereocenters. The van der Waals surface area contributed by atoms with Gasteiger partial charge in [-0.05, 0) is 37.0 Å². The van der Waals surface area contributed by atoms with Gasteiger partial charge in [-0.3, -0.25) is 14.4 Å². The lowest BCUT2D eigenvalue weighted by Crippen LogP contribution is -2.50. The largest absolute Gasteiger partial charge is 0.329 e. The molecule has 4 aliphatic rings. The molecule has 4 rings (SSSR count). The monoisotopic (exact) mass is 333 g/mol. The molecule has 6 heteroatoms. The molecule has 4 aliphatic heterocycles. The fraction of sp³-hybridized carbons (Fsp3) is 0.833. The van der Waals surface area contributed by atoms with Crippen LogP contribution in [0, 0.1) is 17.8 Å². The van der Waals surface area contributed by atoms with Crippen molar-refractivity contribution in [3.05, 3.63) is 0 Å². The lowest BCUT2D eigenvalue weighted by Gasteiger charge is -2.29. The molecule has 0 saturated carbocycles. The van der Waals surface area contributed by atoms with Crippen molar-refractivity contribution in [1.82, 2.24) is 14.7 Å². The van der Waals surface area contributed by atoms with Crippen molar-refractivity contribution in [2.75, 3.05) is 19.6 Å². The van der Waals surface area contributed by atoms with E-state index in [9.17, 15) is 14.4 Å². The summed E-state index contributed by atoms with van der Waals surface area (Å²) < 4.78 is 0. The molecule has 0 aromatic rings. The first-order valence-corrected chi connectivity index (χ1v) is 9.28. The number of carbonyl (C=O) groups is 3. The molecule has 0 spiro atoms. The summed E-state index contributed by atoms with van der Waals surface area (Å²) >= 11 is 0. The zero-order valence-corrected chi connectivity index (χ0v) is 14.8. The van der Waals surface area contributed by atoms with Gasteiger partial charge in [-0.2, -0.15) is 0 Å². The van der Waals surface area contributed by atoms with Gasteiger partial charge in [0.05, 0.1) is 0 Å². The third-order valence-corrected chi connectivity index (χ3v) is 6.24. The Morgan fingerprint density at radius 1 is 0.583 bits per heavy atom. The minimum atomic E-state index is -0.371. The molecule has 6 nitrogen and oxygen atoms in total. The molecule has 0 aliphatic carbocycles. The highest BCUT2D eigenvalue weighted by Crippen LogP contribution is 2.36. The number of hydrogen-bond acceptors (Lipinski definition) is 3. The third kappa shape index (κ3) is 2.25. The first kappa shape index (κ1) is 15.9. The zero-order valence-electron chi connectivity index (χ0n) is 14.8. The second-order valence-electron chi connectivity index (χ2n) is 8.54. The third-order valence-electron chi connectivity index (χ3n) is 6.24. The van der Waals surface area contributed by atoms with Crippen molar-refractivity contribution in [2.45, 2.75) is 58.2 Å². The summed E-state index contributed by atoms with van der Waals surface area (Å²) in [4.78, 5) is 44.8. The predicted molar refractivity (Wildman–Crippen MR) is 87.8 cm³/mol. The fourth-order valence-electron chi connectivity index (χ4n) is 5.15. The van der Waals surface area contributed by atoms with E-state index in [-0.39, 0.29) is 35.8 Å². The highest BCUT2D eigenvalue weighted by molar-refractivity contribution is 5.98. The summed E-state index contributed by atoms with van der Waals surface area (Å²) in [5.74, 6) is 0.982. The molecule has 6 atom stereocenters. The van der Waals surface area contributed by atoms with Crippen molar-refractivity contribution in [1.29, 1.82) is 0 Å². The Morgan fingerprint density at radius 2 is 0.833 bits per heavy atom. The number of hydrogen-bond donors (Lipinski definition) is 0. The van der Waals surface area contributed by atoms with Crippen LogP contribution >= 0.6 is 0 Å². The molecule has 0 radical (unpaired) electrons. The first-order chi connectivity index (χ1) is 11.4. The summed E-state index contributed by atoms with van der Waals surface area (Å²) in [7, 11) is 0. The van der Waals surface area contributed by atoms with Gasteiger partial charge in [-0.15, -0.1) is 0 Å². The normalized spacial score (nSPS) is 42.6. The van der Waals surface area contributed by atoms with Crippen LogP contribution in [0.2, 0.25) is 0 Å². The standard InChI is InChI=1S/C18H27N3O3/c1-10-4-13-16(22)20-8-12(3)6-15(20)18(24)21-9-11(2)5-14(21)17(23)19(13)7-10/h10-15H,4-9H2,1-3H3. The van der Waals surface area contributed by atoms with E-state index in [0.29, 0.717) is 37.4 Å². The zero-order chi connectivity index (χ0) is 17.2. The Morgan fingerprint density at radius 3 is 1.08 bits per heavy atom. The van der Waals surface area contributed by atoms with Crippen LogP contribution in [0.25, 0.3) is 0 Å². The lowest BCUT2D eigenvalue weighted by atomic mass is 10.1. The molecule has 24 heavy (non-hydrogen) atoms. The van der Waals surface area contributed by atoms with Crippen LogP contribution in [-0.2, 0) is 14.4 Å². The highest BCUT2D eigenvalue weighted by Gasteiger charge is 2.52. The Balaban J connectivity index is 1.76. The maximum atomic E-state index is 13.1. The molecule has 0 aromatic heterocycles. The average Bonchev–Trinajstić information content (AvgIpc) is 3.21. The van der Waals surface area contributed by atoms with Crippen molar-refractivity contribution in [3.63, 3.8) is 0 Å². The van der Waals surface area contributed by atoms with E-state index in [1.54, 1.807) is 14.7 Å². The quantitative estimate of drug-likeness (QED) is 0.656. The Labute approximate surface area is 143 Å². The molecule has 0 aromatic carbocycles. The Bertz CT molecular complexity index is 469. The maximum absolute atomic E-state index is 13.1. The molecule has 3 amide bonds. The molecule has 4 fully saturated rings. The van der Waals surface area contributed by atoms with Gasteiger partial charge in [0.1, 0.15) is 18.1 Å². The van der Waals surface area contributed by atoms with E-state index >= 15 is 0 Å². The topological polar surface area (TPSA) is 60.9 Å². The van der Waals surface area contributed by atoms with Crippen LogP contribution in [0.5, 0.6) is 0 Å². The summed E-state index contributed by atoms with van der Waals surface area (Å²) in [6, 6.07) is -1.11. The van der Waals surface area contributed by atoms with E-state index in [1.807, 2.05) is 0 Å². The summed E-state index contributed by atoms with van der Waals surface area (Å²) in [6.45, 7) is 8.21. The molecular formula is C18H27N3O3. The van der Waals surface area contributed by atoms with E-state index in [1.165, 1.54) is 0 Å². The Hall–Kier alpha value is -1.59. The van der Waals surface area contributed by atoms with Gasteiger partial charge in [0.25, 0.3) is 0 Å². The number of nitrogens with zero attached hydrogens (tertiary/aromatic N) is 3. The Kier molecular flexibility index (Phi) is 3.62. The molecule has 0 bridgehead atoms. The fourth-order valence-corrected chi connectivity index (χ4v) is 5.15. The SMILES string of the molecule is CC1CC2C(=O)N3CC(C)CC3C(=O)N3CC(C)CC3C(=O)N2C1. The molecular weight excluding hydrogens is 306 g/mol. The maximum Gasteiger partial charge on any atom is 0.246 e. The highest BCUT2D eigenvalue weighted by atomic mass is 16.2. The van der Waals surface area contributed by atoms with Crippen LogP contribution < -0.4 is 0 Å². The van der Waals surface area contributed by atoms with Gasteiger partial charge in [-0.1, -0.05) is 20.8 Å². The van der Waals surface area contributed by atoms with Crippen molar-refractivity contribution in [3.8, 4) is 0 Å². The number of amides is 3. The van der Waals surface area contributed by atoms with Crippen molar-refractivity contribution in [2.24, 2.45) is 17.8 Å². The van der Waals surface area contributed by atoms with E-state index in [2.05, 4.69) is 20.8 Å². The van der Waals surface area contributed by atoms with Crippen LogP contribution in [0.15, 0.2) is 0 Å². The van der Waals surface area contributed by atoms with Gasteiger partial charge in [0, 0.05) is 19.6 Å². The van der Waals surface area contributed by atoms with Crippen molar-refractivity contribution < 1.29 is 14.4 Å². The van der Waals surface area contributed by atoms with Gasteiger partial charge in [0.2, 0.25) is 17.7 Å². The van der Waals surface area contributed by atoms with E-state index in [4.69, 9.17) is 0 Å². The molecule has 0 N–H and O–H groups in total. The second kappa shape index (κ2) is 5.46. The lowest BCUT2D eigenvalue weighted by molar-refractivity contribution is -0.144. The minimum absolute atomic E-state index is 0.00961. The number of carbonyl (C=O) groups excluding carboxylic acids is 3. The van der Waals surface area contributed by atoms with Crippen molar-refractivity contribution >= 4 is 17.7 Å². The summed E-state index contributed by atoms with van der Waals surface area (Å²) in [5.41, 5.74) is 0. The second-order valence-corrected chi connectivity index (χ2v) is 8.54. The van der Waals surface area contributed by atoms with Gasteiger partial charge < -0.3 is 14.7 Å². The number of fused-ring (bicyclic) bond motifs is 3. The van der Waals surface area contributed by atoms with Gasteiger partial charge >= 0.3 is 0 Å². The predicted octanol–water partition coefficient (Wildman–Crippen LogP) is 0.711. The smallest absolute Gasteiger partial charge is 0.246 e. The average molecular weight is 333 g/mol. The summed E-state index contributed by atoms with van der Waals surface area (Å²) in [5, 5.41) is 0. The van der Waals surface area contributed by atoms with E-state index in [0.717, 1.165) is 19.3 Å².